The van der Waals surface area contributed by atoms with Gasteiger partial charge in [0.05, 0.1) is 22.8 Å². The number of carbonyl (C=O) groups is 4. The normalized spacial score (nSPS) is 18.2. The zero-order valence-electron chi connectivity index (χ0n) is 29.4. The monoisotopic (exact) mass is 832 g/mol. The molecule has 4 heterocycles. The van der Waals surface area contributed by atoms with Gasteiger partial charge in [-0.1, -0.05) is 41.1 Å². The number of amides is 4. The number of anilines is 2. The Balaban J connectivity index is 0.000000249. The van der Waals surface area contributed by atoms with E-state index in [4.69, 9.17) is 29.4 Å². The van der Waals surface area contributed by atoms with Crippen molar-refractivity contribution in [1.29, 1.82) is 0 Å². The third-order valence-electron chi connectivity index (χ3n) is 8.44. The number of nitrogen functional groups attached to an aromatic ring is 2. The summed E-state index contributed by atoms with van der Waals surface area (Å²) in [6.45, 7) is 0.948. The highest BCUT2D eigenvalue weighted by Gasteiger charge is 2.43. The van der Waals surface area contributed by atoms with Crippen molar-refractivity contribution in [2.24, 2.45) is 11.5 Å². The van der Waals surface area contributed by atoms with Crippen LogP contribution in [0.5, 0.6) is 0 Å². The molecule has 0 bridgehead atoms. The Morgan fingerprint density at radius 1 is 0.786 bits per heavy atom. The van der Waals surface area contributed by atoms with E-state index in [2.05, 4.69) is 43.7 Å². The van der Waals surface area contributed by atoms with Gasteiger partial charge in [-0.2, -0.15) is 0 Å². The molecular formula is C39H39BrF2N8O6. The molecule has 56 heavy (non-hydrogen) atoms. The molecule has 17 heteroatoms. The first-order chi connectivity index (χ1) is 25.8. The molecule has 2 fully saturated rings. The molecule has 292 valence electrons. The van der Waals surface area contributed by atoms with Crippen molar-refractivity contribution in [3.05, 3.63) is 93.7 Å². The predicted molar refractivity (Wildman–Crippen MR) is 210 cm³/mol. The SMILES string of the molecule is C.C#C[C@]1(O)CCN(C)C1=O.CN1CC[C@@](O)(C#Cc2ccc(F)c(-c3ccc(N)c(C(N)=O)n3)c2)C1=O.NC(=O)c1nc(-c2cc(Br)ccc2F)ccc1N. The number of nitrogens with two attached hydrogens (primary N) is 4. The summed E-state index contributed by atoms with van der Waals surface area (Å²) in [6.07, 6.45) is 5.52. The minimum atomic E-state index is -1.75. The summed E-state index contributed by atoms with van der Waals surface area (Å²) in [7, 11) is 3.21. The van der Waals surface area contributed by atoms with Crippen LogP contribution in [0.15, 0.2) is 65.1 Å². The maximum atomic E-state index is 14.3. The first-order valence-electron chi connectivity index (χ1n) is 16.1. The topological polar surface area (TPSA) is 245 Å². The zero-order valence-corrected chi connectivity index (χ0v) is 31.0. The van der Waals surface area contributed by atoms with Gasteiger partial charge in [-0.15, -0.1) is 6.42 Å². The first kappa shape index (κ1) is 44.0. The minimum Gasteiger partial charge on any atom is -0.397 e. The lowest BCUT2D eigenvalue weighted by Crippen LogP contribution is -2.37. The molecule has 2 saturated heterocycles. The number of likely N-dealkylation sites (tertiary alicyclic amines) is 2. The highest BCUT2D eigenvalue weighted by atomic mass is 79.9. The van der Waals surface area contributed by atoms with Crippen LogP contribution in [0.4, 0.5) is 20.2 Å². The third kappa shape index (κ3) is 9.82. The van der Waals surface area contributed by atoms with Crippen LogP contribution < -0.4 is 22.9 Å². The molecule has 2 aliphatic rings. The molecule has 2 aromatic carbocycles. The quantitative estimate of drug-likeness (QED) is 0.164. The van der Waals surface area contributed by atoms with Crippen molar-refractivity contribution in [3.8, 4) is 46.7 Å². The number of likely N-dealkylation sites (N-methyl/N-ethyl adjacent to an activating group) is 2. The van der Waals surface area contributed by atoms with Crippen molar-refractivity contribution in [2.45, 2.75) is 31.5 Å². The molecular weight excluding hydrogens is 794 g/mol. The van der Waals surface area contributed by atoms with E-state index in [1.165, 1.54) is 58.3 Å². The largest absolute Gasteiger partial charge is 0.397 e. The van der Waals surface area contributed by atoms with Gasteiger partial charge in [0.1, 0.15) is 11.6 Å². The highest BCUT2D eigenvalue weighted by molar-refractivity contribution is 9.10. The number of rotatable bonds is 4. The van der Waals surface area contributed by atoms with E-state index >= 15 is 0 Å². The Morgan fingerprint density at radius 3 is 1.64 bits per heavy atom. The Labute approximate surface area is 330 Å². The number of nitrogens with zero attached hydrogens (tertiary/aromatic N) is 4. The van der Waals surface area contributed by atoms with Crippen molar-refractivity contribution >= 4 is 50.9 Å². The van der Waals surface area contributed by atoms with E-state index in [9.17, 15) is 38.2 Å². The van der Waals surface area contributed by atoms with E-state index in [0.29, 0.717) is 35.2 Å². The van der Waals surface area contributed by atoms with Crippen LogP contribution in [0.25, 0.3) is 22.5 Å². The van der Waals surface area contributed by atoms with Crippen LogP contribution in [0.2, 0.25) is 0 Å². The van der Waals surface area contributed by atoms with E-state index < -0.39 is 40.6 Å². The van der Waals surface area contributed by atoms with Gasteiger partial charge in [-0.25, -0.2) is 18.7 Å². The molecule has 0 radical (unpaired) electrons. The second-order valence-electron chi connectivity index (χ2n) is 12.4. The number of aliphatic hydroxyl groups is 2. The van der Waals surface area contributed by atoms with E-state index in [0.717, 1.165) is 0 Å². The molecule has 2 aromatic heterocycles. The van der Waals surface area contributed by atoms with Gasteiger partial charge in [0.2, 0.25) is 11.2 Å². The van der Waals surface area contributed by atoms with Crippen molar-refractivity contribution in [1.82, 2.24) is 19.8 Å². The number of halogens is 3. The predicted octanol–water partition coefficient (Wildman–Crippen LogP) is 2.69. The molecule has 4 aromatic rings. The van der Waals surface area contributed by atoms with Crippen molar-refractivity contribution < 1.29 is 38.2 Å². The molecule has 0 unspecified atom stereocenters. The molecule has 2 aliphatic heterocycles. The van der Waals surface area contributed by atoms with Gasteiger partial charge < -0.3 is 42.9 Å². The number of aromatic nitrogens is 2. The van der Waals surface area contributed by atoms with Crippen LogP contribution in [0.3, 0.4) is 0 Å². The number of hydrogen-bond acceptors (Lipinski definition) is 10. The lowest BCUT2D eigenvalue weighted by molar-refractivity contribution is -0.138. The van der Waals surface area contributed by atoms with Gasteiger partial charge >= 0.3 is 0 Å². The number of terminal acetylenes is 1. The number of hydrogen-bond donors (Lipinski definition) is 6. The van der Waals surface area contributed by atoms with Crippen LogP contribution in [-0.2, 0) is 9.59 Å². The van der Waals surface area contributed by atoms with E-state index in [1.807, 2.05) is 0 Å². The summed E-state index contributed by atoms with van der Waals surface area (Å²) in [5.74, 6) is 3.94. The molecule has 2 atom stereocenters. The van der Waals surface area contributed by atoms with E-state index in [-0.39, 0.29) is 59.3 Å². The number of pyridine rings is 2. The second kappa shape index (κ2) is 17.8. The van der Waals surface area contributed by atoms with Gasteiger partial charge in [-0.05, 0) is 60.7 Å². The number of primary amides is 2. The average Bonchev–Trinajstić information content (AvgIpc) is 3.57. The van der Waals surface area contributed by atoms with Crippen LogP contribution >= 0.6 is 15.9 Å². The van der Waals surface area contributed by atoms with Crippen LogP contribution in [-0.4, -0.2) is 92.0 Å². The van der Waals surface area contributed by atoms with Crippen molar-refractivity contribution in [2.75, 3.05) is 38.7 Å². The van der Waals surface area contributed by atoms with Crippen molar-refractivity contribution in [3.63, 3.8) is 0 Å². The molecule has 4 amide bonds. The van der Waals surface area contributed by atoms with E-state index in [1.54, 1.807) is 26.2 Å². The molecule has 0 saturated carbocycles. The van der Waals surface area contributed by atoms with Crippen LogP contribution in [0, 0.1) is 35.8 Å². The van der Waals surface area contributed by atoms with Crippen LogP contribution in [0.1, 0.15) is 46.8 Å². The molecule has 6 rings (SSSR count). The Hall–Kier alpha value is -6.40. The zero-order chi connectivity index (χ0) is 40.8. The smallest absolute Gasteiger partial charge is 0.269 e. The summed E-state index contributed by atoms with van der Waals surface area (Å²) in [4.78, 5) is 56.3. The van der Waals surface area contributed by atoms with Gasteiger partial charge in [0.15, 0.2) is 11.4 Å². The fraction of sp³-hybridized carbons (Fsp3) is 0.231. The summed E-state index contributed by atoms with van der Waals surface area (Å²) in [5.41, 5.74) is 19.6. The Bertz CT molecular complexity index is 2310. The number of carbonyl (C=O) groups excluding carboxylic acids is 4. The lowest BCUT2D eigenvalue weighted by Gasteiger charge is -2.13. The summed E-state index contributed by atoms with van der Waals surface area (Å²) in [5, 5.41) is 19.7. The molecule has 0 aliphatic carbocycles. The van der Waals surface area contributed by atoms with Gasteiger partial charge in [0.25, 0.3) is 23.6 Å². The molecule has 10 N–H and O–H groups in total. The average molecular weight is 834 g/mol. The molecule has 0 spiro atoms. The summed E-state index contributed by atoms with van der Waals surface area (Å²) >= 11 is 3.24. The molecule has 14 nitrogen and oxygen atoms in total. The second-order valence-corrected chi connectivity index (χ2v) is 13.3. The summed E-state index contributed by atoms with van der Waals surface area (Å²) in [6, 6.07) is 14.4. The minimum absolute atomic E-state index is 0. The lowest BCUT2D eigenvalue weighted by atomic mass is 10.0. The third-order valence-corrected chi connectivity index (χ3v) is 8.93. The fourth-order valence-electron chi connectivity index (χ4n) is 5.26. The highest BCUT2D eigenvalue weighted by Crippen LogP contribution is 2.27. The first-order valence-corrected chi connectivity index (χ1v) is 16.9. The van der Waals surface area contributed by atoms with Gasteiger partial charge in [0, 0.05) is 61.2 Å². The Morgan fingerprint density at radius 2 is 1.23 bits per heavy atom. The Kier molecular flexibility index (Phi) is 14.0. The maximum absolute atomic E-state index is 14.3. The summed E-state index contributed by atoms with van der Waals surface area (Å²) < 4.78 is 28.7. The fourth-order valence-corrected chi connectivity index (χ4v) is 5.62. The van der Waals surface area contributed by atoms with Gasteiger partial charge in [-0.3, -0.25) is 19.2 Å². The number of benzene rings is 2. The standard InChI is InChI=1S/C19H17FN4O3.C12H9BrFN3O.C7H9NO2.CH4/c1-24-9-8-19(27,18(24)26)7-6-11-2-3-13(20)12(10-11)15-5-4-14(21)16(23-15)17(22)25;13-6-1-2-8(14)7(5-6)10-4-3-9(15)11(17-10)12(16)18;1-3-7(10)4-5-8(2)6(7)9;/h2-5,10,27H,8-9,21H2,1H3,(H2,22,25);1-5H,15H2,(H2,16,18);1,10H,4-5H2,2H3;1H4/t19-;;7-;/m0.0./s1. The maximum Gasteiger partial charge on any atom is 0.269 e.